The zero-order valence-corrected chi connectivity index (χ0v) is 26.1. The highest BCUT2D eigenvalue weighted by molar-refractivity contribution is 6.68. The van der Waals surface area contributed by atoms with Gasteiger partial charge in [-0.25, -0.2) is 4.99 Å². The molecule has 4 heterocycles. The molecule has 0 spiro atoms. The number of hydrogen-bond donors (Lipinski definition) is 2. The Morgan fingerprint density at radius 2 is 1.67 bits per heavy atom. The number of ether oxygens (including phenoxy) is 3. The van der Waals surface area contributed by atoms with Crippen LogP contribution in [0.5, 0.6) is 0 Å². The Bertz CT molecular complexity index is 1810. The van der Waals surface area contributed by atoms with Crippen molar-refractivity contribution in [3.63, 3.8) is 0 Å². The van der Waals surface area contributed by atoms with Crippen LogP contribution in [0.25, 0.3) is 10.8 Å². The fourth-order valence-corrected chi connectivity index (χ4v) is 6.35. The molecule has 14 heteroatoms. The average Bonchev–Trinajstić information content (AvgIpc) is 3.35. The Morgan fingerprint density at radius 1 is 1.00 bits per heavy atom. The molecule has 4 atom stereocenters. The van der Waals surface area contributed by atoms with E-state index in [9.17, 15) is 9.90 Å². The Hall–Kier alpha value is -2.44. The molecular weight excluding hydrogens is 662 g/mol. The highest BCUT2D eigenvalue weighted by atomic mass is 35.5. The van der Waals surface area contributed by atoms with Gasteiger partial charge in [0.2, 0.25) is 5.29 Å². The van der Waals surface area contributed by atoms with Crippen molar-refractivity contribution in [2.75, 3.05) is 11.9 Å². The third-order valence-corrected chi connectivity index (χ3v) is 8.64. The van der Waals surface area contributed by atoms with Crippen molar-refractivity contribution >= 4 is 85.7 Å². The van der Waals surface area contributed by atoms with Crippen LogP contribution in [0.1, 0.15) is 24.3 Å². The van der Waals surface area contributed by atoms with Crippen LogP contribution in [-0.2, 0) is 27.4 Å². The maximum atomic E-state index is 12.1. The molecule has 224 valence electrons. The molecule has 1 saturated heterocycles. The van der Waals surface area contributed by atoms with Crippen LogP contribution in [-0.4, -0.2) is 44.4 Å². The van der Waals surface area contributed by atoms with Gasteiger partial charge in [0.1, 0.15) is 29.4 Å². The molecule has 0 bridgehead atoms. The molecule has 43 heavy (non-hydrogen) atoms. The minimum atomic E-state index is -1.61. The summed E-state index contributed by atoms with van der Waals surface area (Å²) in [6.45, 7) is 1.90. The molecule has 0 saturated carbocycles. The third kappa shape index (κ3) is 6.11. The van der Waals surface area contributed by atoms with Crippen molar-refractivity contribution in [2.45, 2.75) is 44.2 Å². The molecule has 2 aliphatic heterocycles. The fraction of sp³-hybridized carbons (Fsp3) is 0.276. The summed E-state index contributed by atoms with van der Waals surface area (Å²) in [5.41, 5.74) is -0.637. The molecule has 2 aromatic carbocycles. The summed E-state index contributed by atoms with van der Waals surface area (Å²) >= 11 is 31.1. The van der Waals surface area contributed by atoms with Crippen LogP contribution in [0.4, 0.5) is 11.6 Å². The van der Waals surface area contributed by atoms with Crippen molar-refractivity contribution in [3.8, 4) is 0 Å². The Balaban J connectivity index is 1.33. The lowest BCUT2D eigenvalue weighted by Gasteiger charge is -2.31. The lowest BCUT2D eigenvalue weighted by atomic mass is 9.96. The van der Waals surface area contributed by atoms with Gasteiger partial charge in [-0.1, -0.05) is 58.5 Å². The number of hydrogen-bond acceptors (Lipinski definition) is 8. The quantitative estimate of drug-likeness (QED) is 0.191. The van der Waals surface area contributed by atoms with E-state index in [4.69, 9.17) is 72.2 Å². The summed E-state index contributed by atoms with van der Waals surface area (Å²) in [6.07, 6.45) is -0.896. The smallest absolute Gasteiger partial charge is 0.271 e. The summed E-state index contributed by atoms with van der Waals surface area (Å²) in [7, 11) is 0. The molecule has 6 rings (SSSR count). The van der Waals surface area contributed by atoms with E-state index in [0.717, 1.165) is 5.56 Å². The first-order chi connectivity index (χ1) is 20.5. The first-order valence-electron chi connectivity index (χ1n) is 13.0. The lowest BCUT2D eigenvalue weighted by Crippen LogP contribution is -2.46. The van der Waals surface area contributed by atoms with E-state index in [-0.39, 0.29) is 30.9 Å². The maximum Gasteiger partial charge on any atom is 0.271 e. The summed E-state index contributed by atoms with van der Waals surface area (Å²) < 4.78 is 20.4. The van der Waals surface area contributed by atoms with Gasteiger partial charge in [0.05, 0.1) is 25.2 Å². The van der Waals surface area contributed by atoms with Crippen LogP contribution < -0.4 is 10.9 Å². The lowest BCUT2D eigenvalue weighted by molar-refractivity contribution is -0.114. The minimum Gasteiger partial charge on any atom is -0.383 e. The van der Waals surface area contributed by atoms with Crippen molar-refractivity contribution in [1.82, 2.24) is 9.55 Å². The zero-order chi connectivity index (χ0) is 30.5. The number of nitrogens with zero attached hydrogens (tertiary/aromatic N) is 3. The molecule has 1 fully saturated rings. The Morgan fingerprint density at radius 3 is 2.35 bits per heavy atom. The van der Waals surface area contributed by atoms with E-state index in [1.54, 1.807) is 60.2 Å². The molecule has 0 radical (unpaired) electrons. The van der Waals surface area contributed by atoms with Crippen molar-refractivity contribution < 1.29 is 19.3 Å². The minimum absolute atomic E-state index is 0.00870. The van der Waals surface area contributed by atoms with E-state index < -0.39 is 29.6 Å². The van der Waals surface area contributed by atoms with Crippen LogP contribution in [0, 0.1) is 0 Å². The largest absolute Gasteiger partial charge is 0.383 e. The van der Waals surface area contributed by atoms with Gasteiger partial charge < -0.3 is 29.2 Å². The molecule has 2 aromatic heterocycles. The summed E-state index contributed by atoms with van der Waals surface area (Å²) in [5, 5.41) is 18.0. The number of benzene rings is 2. The predicted molar refractivity (Wildman–Crippen MR) is 168 cm³/mol. The Kier molecular flexibility index (Phi) is 8.65. The van der Waals surface area contributed by atoms with Gasteiger partial charge in [0.15, 0.2) is 6.23 Å². The molecule has 0 aliphatic carbocycles. The van der Waals surface area contributed by atoms with Gasteiger partial charge in [-0.2, -0.15) is 4.98 Å². The van der Waals surface area contributed by atoms with Gasteiger partial charge in [-0.05, 0) is 60.0 Å². The van der Waals surface area contributed by atoms with Gasteiger partial charge in [0.25, 0.3) is 5.56 Å². The SMILES string of the molecule is C[C@@]1(O)[C@H](OCc2ccc(Cl)cc2Cl)[C@@H](COCc2ccc(Cl)cc2Cl)O[C@H]1n1cc2ccc(=O)nc3c2c1N=C(Cl)N3. The first-order valence-corrected chi connectivity index (χ1v) is 14.9. The highest BCUT2D eigenvalue weighted by Gasteiger charge is 2.55. The predicted octanol–water partition coefficient (Wildman–Crippen LogP) is 7.11. The van der Waals surface area contributed by atoms with Crippen molar-refractivity contribution in [1.29, 1.82) is 0 Å². The van der Waals surface area contributed by atoms with Crippen molar-refractivity contribution in [3.05, 3.63) is 96.3 Å². The number of rotatable bonds is 8. The molecule has 9 nitrogen and oxygen atoms in total. The van der Waals surface area contributed by atoms with E-state index in [1.165, 1.54) is 6.07 Å². The van der Waals surface area contributed by atoms with E-state index in [0.29, 0.717) is 42.2 Å². The number of aliphatic hydroxyl groups is 1. The van der Waals surface area contributed by atoms with Gasteiger partial charge >= 0.3 is 0 Å². The second-order valence-corrected chi connectivity index (χ2v) is 12.4. The molecule has 2 N–H and O–H groups in total. The number of nitrogens with one attached hydrogen (secondary N) is 1. The second kappa shape index (κ2) is 12.2. The van der Waals surface area contributed by atoms with Gasteiger partial charge in [-0.15, -0.1) is 0 Å². The molecule has 0 unspecified atom stereocenters. The molecular formula is C29H23Cl5N4O5. The van der Waals surface area contributed by atoms with E-state index >= 15 is 0 Å². The molecule has 2 aliphatic rings. The highest BCUT2D eigenvalue weighted by Crippen LogP contribution is 2.46. The van der Waals surface area contributed by atoms with Crippen molar-refractivity contribution in [2.24, 2.45) is 4.99 Å². The van der Waals surface area contributed by atoms with Crippen LogP contribution in [0.15, 0.2) is 64.5 Å². The molecule has 0 amide bonds. The normalized spacial score (nSPS) is 23.0. The van der Waals surface area contributed by atoms with Crippen LogP contribution in [0.2, 0.25) is 20.1 Å². The summed E-state index contributed by atoms with van der Waals surface area (Å²) in [5.74, 6) is 0.609. The monoisotopic (exact) mass is 682 g/mol. The Labute approximate surface area is 270 Å². The summed E-state index contributed by atoms with van der Waals surface area (Å²) in [4.78, 5) is 20.7. The van der Waals surface area contributed by atoms with Crippen LogP contribution in [0.3, 0.4) is 0 Å². The number of amidine groups is 1. The fourth-order valence-electron chi connectivity index (χ4n) is 5.25. The number of anilines is 1. The third-order valence-electron chi connectivity index (χ3n) is 7.28. The van der Waals surface area contributed by atoms with Crippen LogP contribution >= 0.6 is 58.0 Å². The van der Waals surface area contributed by atoms with Gasteiger partial charge in [0, 0.05) is 37.7 Å². The number of aromatic nitrogens is 2. The summed E-state index contributed by atoms with van der Waals surface area (Å²) in [6, 6.07) is 13.2. The maximum absolute atomic E-state index is 12.1. The second-order valence-electron chi connectivity index (χ2n) is 10.3. The average molecular weight is 685 g/mol. The van der Waals surface area contributed by atoms with E-state index in [2.05, 4.69) is 15.3 Å². The van der Waals surface area contributed by atoms with E-state index in [1.807, 2.05) is 0 Å². The first kappa shape index (κ1) is 30.6. The zero-order valence-electron chi connectivity index (χ0n) is 22.4. The molecule has 4 aromatic rings. The standard InChI is InChI=1S/C29H23Cl5N4O5/c1-29(40)24(42-12-16-3-6-18(31)9-20(16)33)21(13-41-11-15-2-5-17(30)8-19(15)32)43-27(29)38-10-14-4-7-22(39)35-25-23(14)26(38)37-28(34)36-25/h2-10,21,24,27,40H,11-13H2,1H3,(H,35,36,37,39)/t21-,24-,27-,29-/m1/s1. The number of aliphatic imine (C=N–C) groups is 1. The van der Waals surface area contributed by atoms with Gasteiger partial charge in [-0.3, -0.25) is 4.79 Å². The topological polar surface area (TPSA) is 107 Å². The number of halogens is 5.